The molecule has 0 fully saturated rings. The molecule has 0 atom stereocenters. The Bertz CT molecular complexity index is 5790. The van der Waals surface area contributed by atoms with Crippen LogP contribution in [0.2, 0.25) is 0 Å². The van der Waals surface area contributed by atoms with E-state index in [0.717, 1.165) is 28.4 Å². The van der Waals surface area contributed by atoms with E-state index in [1.807, 2.05) is 22.7 Å². The maximum Gasteiger partial charge on any atom is 0.0640 e. The third kappa shape index (κ3) is 11.2. The predicted octanol–water partition coefficient (Wildman–Crippen LogP) is 27.4. The highest BCUT2D eigenvalue weighted by Gasteiger charge is 2.21. The lowest BCUT2D eigenvalue weighted by Crippen LogP contribution is -2.09. The van der Waals surface area contributed by atoms with Crippen LogP contribution in [0.5, 0.6) is 0 Å². The first kappa shape index (κ1) is 57.9. The number of para-hydroxylation sites is 2. The van der Waals surface area contributed by atoms with Gasteiger partial charge in [0, 0.05) is 64.1 Å². The number of fused-ring (bicyclic) bond motifs is 8. The molecule has 0 unspecified atom stereocenters. The third-order valence-corrected chi connectivity index (χ3v) is 20.8. The summed E-state index contributed by atoms with van der Waals surface area (Å²) in [6, 6.07) is 136. The highest BCUT2D eigenvalue weighted by molar-refractivity contribution is 7.26. The fraction of sp³-hybridized carbons (Fsp3) is 0. The van der Waals surface area contributed by atoms with Gasteiger partial charge in [0.15, 0.2) is 0 Å². The Morgan fingerprint density at radius 2 is 0.552 bits per heavy atom. The van der Waals surface area contributed by atoms with Crippen LogP contribution in [0.3, 0.4) is 0 Å². The van der Waals surface area contributed by atoms with Gasteiger partial charge >= 0.3 is 0 Å². The molecule has 2 heterocycles. The molecule has 0 spiro atoms. The van der Waals surface area contributed by atoms with Crippen LogP contribution in [0.1, 0.15) is 0 Å². The van der Waals surface area contributed by atoms with E-state index in [4.69, 9.17) is 0 Å². The number of thiophene rings is 2. The van der Waals surface area contributed by atoms with Crippen LogP contribution >= 0.6 is 22.7 Å². The Labute approximate surface area is 567 Å². The molecule has 0 saturated heterocycles. The molecule has 0 saturated carbocycles. The van der Waals surface area contributed by atoms with Crippen LogP contribution in [0, 0.1) is 0 Å². The Morgan fingerprint density at radius 3 is 1.07 bits per heavy atom. The summed E-state index contributed by atoms with van der Waals surface area (Å²) in [5.41, 5.74) is 21.7. The summed E-state index contributed by atoms with van der Waals surface area (Å²) in [5, 5.41) is 10.2. The minimum atomic E-state index is 1.13. The van der Waals surface area contributed by atoms with Crippen LogP contribution in [-0.2, 0) is 0 Å². The second-order valence-electron chi connectivity index (χ2n) is 24.3. The third-order valence-electron chi connectivity index (χ3n) is 18.5. The minimum absolute atomic E-state index is 1.13. The molecular formula is C92H62N2S2. The summed E-state index contributed by atoms with van der Waals surface area (Å²) in [6.45, 7) is 0. The van der Waals surface area contributed by atoms with Gasteiger partial charge in [0.2, 0.25) is 0 Å². The van der Waals surface area contributed by atoms with Crippen molar-refractivity contribution in [2.24, 2.45) is 0 Å². The Kier molecular flexibility index (Phi) is 15.4. The quantitative estimate of drug-likeness (QED) is 0.120. The second-order valence-corrected chi connectivity index (χ2v) is 26.5. The van der Waals surface area contributed by atoms with Gasteiger partial charge in [-0.3, -0.25) is 0 Å². The summed E-state index contributed by atoms with van der Waals surface area (Å²) >= 11 is 3.74. The van der Waals surface area contributed by atoms with Crippen LogP contribution in [-0.4, -0.2) is 0 Å². The molecule has 96 heavy (non-hydrogen) atoms. The average Bonchev–Trinajstić information content (AvgIpc) is 1.59. The van der Waals surface area contributed by atoms with Gasteiger partial charge < -0.3 is 9.80 Å². The monoisotopic (exact) mass is 1260 g/mol. The summed E-state index contributed by atoms with van der Waals surface area (Å²) in [5.74, 6) is 0. The van der Waals surface area contributed by atoms with Gasteiger partial charge in [-0.2, -0.15) is 0 Å². The fourth-order valence-electron chi connectivity index (χ4n) is 13.8. The molecule has 0 bridgehead atoms. The molecule has 2 nitrogen and oxygen atoms in total. The Balaban J connectivity index is 0.000000145. The smallest absolute Gasteiger partial charge is 0.0640 e. The minimum Gasteiger partial charge on any atom is -0.310 e. The largest absolute Gasteiger partial charge is 0.310 e. The number of hydrogen-bond donors (Lipinski definition) is 0. The van der Waals surface area contributed by atoms with Gasteiger partial charge in [-0.1, -0.05) is 285 Å². The average molecular weight is 1260 g/mol. The molecule has 2 aromatic heterocycles. The zero-order valence-corrected chi connectivity index (χ0v) is 54.1. The van der Waals surface area contributed by atoms with E-state index in [1.165, 1.54) is 134 Å². The molecule has 16 aromatic carbocycles. The van der Waals surface area contributed by atoms with E-state index in [9.17, 15) is 0 Å². The lowest BCUT2D eigenvalue weighted by atomic mass is 9.97. The number of nitrogens with zero attached hydrogens (tertiary/aromatic N) is 2. The molecule has 0 aliphatic rings. The van der Waals surface area contributed by atoms with Crippen molar-refractivity contribution in [3.8, 4) is 66.8 Å². The highest BCUT2D eigenvalue weighted by Crippen LogP contribution is 2.49. The summed E-state index contributed by atoms with van der Waals surface area (Å²) < 4.78 is 5.16. The molecule has 0 N–H and O–H groups in total. The van der Waals surface area contributed by atoms with Crippen LogP contribution < -0.4 is 9.80 Å². The first-order chi connectivity index (χ1) is 47.6. The molecule has 0 aliphatic heterocycles. The van der Waals surface area contributed by atoms with Crippen molar-refractivity contribution in [1.29, 1.82) is 0 Å². The van der Waals surface area contributed by atoms with Crippen molar-refractivity contribution in [2.75, 3.05) is 9.80 Å². The van der Waals surface area contributed by atoms with Crippen molar-refractivity contribution in [3.05, 3.63) is 376 Å². The summed E-state index contributed by atoms with van der Waals surface area (Å²) in [6.07, 6.45) is 0. The van der Waals surface area contributed by atoms with Gasteiger partial charge in [-0.15, -0.1) is 22.7 Å². The van der Waals surface area contributed by atoms with Crippen LogP contribution in [0.15, 0.2) is 376 Å². The lowest BCUT2D eigenvalue weighted by molar-refractivity contribution is 1.29. The van der Waals surface area contributed by atoms with Crippen LogP contribution in [0.25, 0.3) is 129 Å². The van der Waals surface area contributed by atoms with Crippen molar-refractivity contribution >= 4 is 119 Å². The zero-order chi connectivity index (χ0) is 63.7. The van der Waals surface area contributed by atoms with Crippen molar-refractivity contribution in [1.82, 2.24) is 0 Å². The molecule has 18 aromatic rings. The molecule has 18 rings (SSSR count). The summed E-state index contributed by atoms with van der Waals surface area (Å²) in [4.78, 5) is 4.76. The van der Waals surface area contributed by atoms with E-state index in [-0.39, 0.29) is 0 Å². The Hall–Kier alpha value is -11.9. The fourth-order valence-corrected chi connectivity index (χ4v) is 16.2. The highest BCUT2D eigenvalue weighted by atomic mass is 32.1. The Morgan fingerprint density at radius 1 is 0.188 bits per heavy atom. The van der Waals surface area contributed by atoms with Gasteiger partial charge in [0.1, 0.15) is 0 Å². The maximum atomic E-state index is 2.40. The van der Waals surface area contributed by atoms with E-state index >= 15 is 0 Å². The molecular weight excluding hydrogens is 1200 g/mol. The number of hydrogen-bond acceptors (Lipinski definition) is 4. The van der Waals surface area contributed by atoms with Crippen molar-refractivity contribution in [3.63, 3.8) is 0 Å². The van der Waals surface area contributed by atoms with Gasteiger partial charge in [0.25, 0.3) is 0 Å². The van der Waals surface area contributed by atoms with E-state index in [2.05, 4.69) is 386 Å². The first-order valence-corrected chi connectivity index (χ1v) is 34.3. The normalized spacial score (nSPS) is 11.3. The number of rotatable bonds is 12. The van der Waals surface area contributed by atoms with Crippen LogP contribution in [0.4, 0.5) is 34.1 Å². The SMILES string of the molecule is c1ccc(-c2ccc(-c3cccc4sc5c(N(c6ccccc6)c6ccc(-c7ccc8ccccc8c7)cc6)cccc5c34)cc2)cc1.c1ccc(-c2ccc(-c3cccc4sc5cc(N(c6ccccc6)c6ccc(-c7ccc8ccccc8c7)cc6)ccc5c34)cc2)cc1. The van der Waals surface area contributed by atoms with E-state index < -0.39 is 0 Å². The molecule has 0 amide bonds. The first-order valence-electron chi connectivity index (χ1n) is 32.7. The summed E-state index contributed by atoms with van der Waals surface area (Å²) in [7, 11) is 0. The van der Waals surface area contributed by atoms with E-state index in [1.54, 1.807) is 0 Å². The van der Waals surface area contributed by atoms with Crippen molar-refractivity contribution < 1.29 is 0 Å². The molecule has 0 aliphatic carbocycles. The van der Waals surface area contributed by atoms with Crippen molar-refractivity contribution in [2.45, 2.75) is 0 Å². The number of anilines is 6. The standard InChI is InChI=1S/2C46H31NS/c1-3-11-32(12-4-1)34-21-24-36(25-22-34)41-17-10-20-44-45(41)42-18-9-19-43(46(42)48-44)47(39-15-5-2-6-16-39)40-29-27-35(28-30-40)38-26-23-33-13-7-8-14-37(33)31-38;1-3-10-32(11-4-1)34-18-21-36(22-19-34)42-16-9-17-44-46(42)43-29-28-41(31-45(43)48-44)47(39-14-5-2-6-15-39)40-26-24-35(25-27-40)38-23-20-33-12-7-8-13-37(33)30-38/h2*1-31H. The van der Waals surface area contributed by atoms with E-state index in [0.29, 0.717) is 0 Å². The molecule has 4 heteroatoms. The predicted molar refractivity (Wildman–Crippen MR) is 416 cm³/mol. The maximum absolute atomic E-state index is 2.40. The zero-order valence-electron chi connectivity index (χ0n) is 52.5. The van der Waals surface area contributed by atoms with Gasteiger partial charge in [-0.05, 0) is 179 Å². The van der Waals surface area contributed by atoms with Gasteiger partial charge in [-0.25, -0.2) is 0 Å². The molecule has 452 valence electrons. The molecule has 0 radical (unpaired) electrons. The lowest BCUT2D eigenvalue weighted by Gasteiger charge is -2.26. The topological polar surface area (TPSA) is 6.48 Å². The number of benzene rings is 16. The van der Waals surface area contributed by atoms with Gasteiger partial charge in [0.05, 0.1) is 10.4 Å². The second kappa shape index (κ2) is 25.5.